The Morgan fingerprint density at radius 3 is 2.48 bits per heavy atom. The van der Waals surface area contributed by atoms with Crippen LogP contribution in [0.4, 0.5) is 4.39 Å². The van der Waals surface area contributed by atoms with Crippen LogP contribution in [0, 0.1) is 5.82 Å². The number of piperazine rings is 1. The zero-order valence-electron chi connectivity index (χ0n) is 13.4. The fraction of sp³-hybridized carbons (Fsp3) is 0.333. The molecule has 0 N–H and O–H groups in total. The molecule has 0 spiro atoms. The number of carbonyl (C=O) groups excluding carboxylic acids is 1. The third-order valence-corrected chi connectivity index (χ3v) is 6.27. The first kappa shape index (κ1) is 17.8. The Balaban J connectivity index is 1.72. The number of benzene rings is 1. The molecule has 0 atom stereocenters. The molecule has 0 unspecified atom stereocenters. The molecule has 1 aliphatic heterocycles. The number of hydrogen-bond donors (Lipinski definition) is 0. The number of amides is 1. The van der Waals surface area contributed by atoms with Crippen LogP contribution in [0.25, 0.3) is 0 Å². The van der Waals surface area contributed by atoms with Gasteiger partial charge in [-0.25, -0.2) is 17.8 Å². The number of sulfonamides is 1. The quantitative estimate of drug-likeness (QED) is 0.798. The monoisotopic (exact) mass is 386 g/mol. The molecule has 2 heterocycles. The zero-order chi connectivity index (χ0) is 18.2. The maximum Gasteiger partial charge on any atom is 0.272 e. The minimum atomic E-state index is -3.79. The summed E-state index contributed by atoms with van der Waals surface area (Å²) in [6.07, 6.45) is 3.01. The van der Waals surface area contributed by atoms with Gasteiger partial charge in [0.15, 0.2) is 0 Å². The molecule has 1 aromatic carbocycles. The van der Waals surface area contributed by atoms with E-state index in [9.17, 15) is 17.6 Å². The first-order valence-corrected chi connectivity index (χ1v) is 9.33. The first-order valence-electron chi connectivity index (χ1n) is 7.51. The first-order chi connectivity index (χ1) is 11.8. The summed E-state index contributed by atoms with van der Waals surface area (Å²) >= 11 is 5.68. The smallest absolute Gasteiger partial charge is 0.272 e. The van der Waals surface area contributed by atoms with Gasteiger partial charge in [0.25, 0.3) is 5.91 Å². The van der Waals surface area contributed by atoms with Gasteiger partial charge in [-0.05, 0) is 18.2 Å². The lowest BCUT2D eigenvalue weighted by Gasteiger charge is -2.34. The molecule has 25 heavy (non-hydrogen) atoms. The van der Waals surface area contributed by atoms with Crippen LogP contribution < -0.4 is 0 Å². The number of aromatic nitrogens is 2. The number of imidazole rings is 1. The standard InChI is InChI=1S/C15H16ClFN4O3S/c1-19-10-18-9-14(19)15(22)20-4-6-21(7-5-20)25(23,24)11-2-3-13(17)12(16)8-11/h2-3,8-10H,4-7H2,1H3. The van der Waals surface area contributed by atoms with Crippen LogP contribution >= 0.6 is 11.6 Å². The van der Waals surface area contributed by atoms with Crippen molar-refractivity contribution in [2.45, 2.75) is 4.90 Å². The molecular formula is C15H16ClFN4O3S. The van der Waals surface area contributed by atoms with Crippen molar-refractivity contribution in [2.75, 3.05) is 26.2 Å². The van der Waals surface area contributed by atoms with Gasteiger partial charge in [0.1, 0.15) is 11.5 Å². The van der Waals surface area contributed by atoms with Crippen LogP contribution in [0.5, 0.6) is 0 Å². The van der Waals surface area contributed by atoms with E-state index in [1.54, 1.807) is 16.5 Å². The van der Waals surface area contributed by atoms with E-state index in [1.165, 1.54) is 22.9 Å². The van der Waals surface area contributed by atoms with E-state index in [2.05, 4.69) is 4.98 Å². The summed E-state index contributed by atoms with van der Waals surface area (Å²) in [5, 5.41) is -0.244. The molecule has 7 nitrogen and oxygen atoms in total. The molecule has 134 valence electrons. The number of hydrogen-bond acceptors (Lipinski definition) is 4. The highest BCUT2D eigenvalue weighted by Crippen LogP contribution is 2.23. The lowest BCUT2D eigenvalue weighted by molar-refractivity contribution is 0.0688. The molecule has 0 radical (unpaired) electrons. The van der Waals surface area contributed by atoms with Gasteiger partial charge in [0, 0.05) is 33.2 Å². The molecule has 1 aromatic heterocycles. The predicted octanol–water partition coefficient (Wildman–Crippen LogP) is 1.36. The van der Waals surface area contributed by atoms with Gasteiger partial charge in [0.05, 0.1) is 22.4 Å². The molecule has 2 aromatic rings. The van der Waals surface area contributed by atoms with Crippen molar-refractivity contribution in [3.63, 3.8) is 0 Å². The Hall–Kier alpha value is -1.97. The number of halogens is 2. The highest BCUT2D eigenvalue weighted by molar-refractivity contribution is 7.89. The fourth-order valence-corrected chi connectivity index (χ4v) is 4.34. The van der Waals surface area contributed by atoms with Gasteiger partial charge in [0.2, 0.25) is 10.0 Å². The summed E-state index contributed by atoms with van der Waals surface area (Å²) in [4.78, 5) is 17.9. The van der Waals surface area contributed by atoms with Crippen molar-refractivity contribution in [2.24, 2.45) is 7.05 Å². The van der Waals surface area contributed by atoms with Crippen molar-refractivity contribution in [3.8, 4) is 0 Å². The SMILES string of the molecule is Cn1cncc1C(=O)N1CCN(S(=O)(=O)c2ccc(F)c(Cl)c2)CC1. The largest absolute Gasteiger partial charge is 0.335 e. The predicted molar refractivity (Wildman–Crippen MR) is 89.3 cm³/mol. The van der Waals surface area contributed by atoms with Gasteiger partial charge >= 0.3 is 0 Å². The van der Waals surface area contributed by atoms with E-state index < -0.39 is 15.8 Å². The van der Waals surface area contributed by atoms with Crippen molar-refractivity contribution in [1.82, 2.24) is 18.8 Å². The van der Waals surface area contributed by atoms with E-state index in [-0.39, 0.29) is 42.0 Å². The minimum absolute atomic E-state index is 0.0645. The van der Waals surface area contributed by atoms with E-state index >= 15 is 0 Å². The second-order valence-corrected chi connectivity index (χ2v) is 8.01. The Morgan fingerprint density at radius 2 is 1.92 bits per heavy atom. The van der Waals surface area contributed by atoms with Crippen molar-refractivity contribution in [1.29, 1.82) is 0 Å². The number of rotatable bonds is 3. The summed E-state index contributed by atoms with van der Waals surface area (Å²) in [5.41, 5.74) is 0.446. The molecule has 10 heteroatoms. The van der Waals surface area contributed by atoms with Crippen molar-refractivity contribution >= 4 is 27.5 Å². The lowest BCUT2D eigenvalue weighted by Crippen LogP contribution is -2.50. The number of aryl methyl sites for hydroxylation is 1. The third-order valence-electron chi connectivity index (χ3n) is 4.09. The van der Waals surface area contributed by atoms with Crippen LogP contribution in [-0.2, 0) is 17.1 Å². The molecule has 3 rings (SSSR count). The van der Waals surface area contributed by atoms with Crippen LogP contribution in [0.1, 0.15) is 10.5 Å². The van der Waals surface area contributed by atoms with Gasteiger partial charge in [-0.2, -0.15) is 4.31 Å². The van der Waals surface area contributed by atoms with Gasteiger partial charge in [-0.15, -0.1) is 0 Å². The molecule has 0 aliphatic carbocycles. The molecule has 0 bridgehead atoms. The van der Waals surface area contributed by atoms with Gasteiger partial charge in [-0.3, -0.25) is 4.79 Å². The van der Waals surface area contributed by atoms with Gasteiger partial charge in [-0.1, -0.05) is 11.6 Å². The lowest BCUT2D eigenvalue weighted by atomic mass is 10.3. The molecular weight excluding hydrogens is 371 g/mol. The highest BCUT2D eigenvalue weighted by atomic mass is 35.5. The topological polar surface area (TPSA) is 75.5 Å². The summed E-state index contributed by atoms with van der Waals surface area (Å²) in [6, 6.07) is 3.31. The number of nitrogens with zero attached hydrogens (tertiary/aromatic N) is 4. The van der Waals surface area contributed by atoms with Crippen molar-refractivity contribution < 1.29 is 17.6 Å². The molecule has 1 aliphatic rings. The third kappa shape index (κ3) is 3.39. The molecule has 1 amide bonds. The van der Waals surface area contributed by atoms with Crippen molar-refractivity contribution in [3.05, 3.63) is 47.3 Å². The summed E-state index contributed by atoms with van der Waals surface area (Å²) < 4.78 is 41.4. The second kappa shape index (κ2) is 6.74. The average molecular weight is 387 g/mol. The Kier molecular flexibility index (Phi) is 4.81. The Labute approximate surface area is 149 Å². The highest BCUT2D eigenvalue weighted by Gasteiger charge is 2.31. The molecule has 1 saturated heterocycles. The van der Waals surface area contributed by atoms with Crippen LogP contribution in [-0.4, -0.2) is 59.3 Å². The van der Waals surface area contributed by atoms with E-state index in [0.717, 1.165) is 12.1 Å². The molecule has 0 saturated carbocycles. The van der Waals surface area contributed by atoms with Crippen LogP contribution in [0.15, 0.2) is 35.6 Å². The second-order valence-electron chi connectivity index (χ2n) is 5.66. The van der Waals surface area contributed by atoms with Crippen LogP contribution in [0.2, 0.25) is 5.02 Å². The Morgan fingerprint density at radius 1 is 1.24 bits per heavy atom. The van der Waals surface area contributed by atoms with Gasteiger partial charge < -0.3 is 9.47 Å². The Bertz CT molecular complexity index is 907. The fourth-order valence-electron chi connectivity index (χ4n) is 2.64. The average Bonchev–Trinajstić information content (AvgIpc) is 3.02. The summed E-state index contributed by atoms with van der Waals surface area (Å²) in [6.45, 7) is 0.832. The zero-order valence-corrected chi connectivity index (χ0v) is 15.0. The number of carbonyl (C=O) groups is 1. The summed E-state index contributed by atoms with van der Waals surface area (Å²) in [5.74, 6) is -0.867. The maximum absolute atomic E-state index is 13.2. The molecule has 1 fully saturated rings. The van der Waals surface area contributed by atoms with E-state index in [1.807, 2.05) is 0 Å². The van der Waals surface area contributed by atoms with Crippen LogP contribution in [0.3, 0.4) is 0 Å². The van der Waals surface area contributed by atoms with E-state index in [4.69, 9.17) is 11.6 Å². The summed E-state index contributed by atoms with van der Waals surface area (Å²) in [7, 11) is -2.06. The maximum atomic E-state index is 13.2. The van der Waals surface area contributed by atoms with E-state index in [0.29, 0.717) is 5.69 Å². The normalized spacial score (nSPS) is 16.2. The minimum Gasteiger partial charge on any atom is -0.335 e.